The van der Waals surface area contributed by atoms with Gasteiger partial charge in [-0.15, -0.1) is 0 Å². The standard InChI is InChI=1S/C10H13O/c1-7(2)10-5-4-9(11)6-8(10)3/h5-7,11H,1-3H3. The van der Waals surface area contributed by atoms with Crippen LogP contribution in [0.25, 0.3) is 0 Å². The first kappa shape index (κ1) is 8.12. The molecule has 1 N–H and O–H groups in total. The Kier molecular flexibility index (Phi) is 2.18. The van der Waals surface area contributed by atoms with Crippen molar-refractivity contribution in [1.82, 2.24) is 0 Å². The van der Waals surface area contributed by atoms with Crippen molar-refractivity contribution in [3.05, 3.63) is 29.3 Å². The quantitative estimate of drug-likeness (QED) is 0.650. The smallest absolute Gasteiger partial charge is 0.123 e. The van der Waals surface area contributed by atoms with Gasteiger partial charge < -0.3 is 5.11 Å². The molecule has 0 atom stereocenters. The predicted molar refractivity (Wildman–Crippen MR) is 45.8 cm³/mol. The molecule has 0 amide bonds. The Morgan fingerprint density at radius 2 is 2.09 bits per heavy atom. The molecule has 0 aromatic heterocycles. The van der Waals surface area contributed by atoms with E-state index in [0.717, 1.165) is 5.56 Å². The Morgan fingerprint density at radius 3 is 2.55 bits per heavy atom. The molecule has 1 nitrogen and oxygen atoms in total. The van der Waals surface area contributed by atoms with E-state index in [1.54, 1.807) is 6.07 Å². The topological polar surface area (TPSA) is 20.2 Å². The first-order valence-electron chi connectivity index (χ1n) is 3.82. The van der Waals surface area contributed by atoms with Crippen LogP contribution in [0.2, 0.25) is 0 Å². The second-order valence-corrected chi connectivity index (χ2v) is 3.11. The third kappa shape index (κ3) is 1.73. The first-order valence-corrected chi connectivity index (χ1v) is 3.82. The van der Waals surface area contributed by atoms with Gasteiger partial charge in [0.2, 0.25) is 0 Å². The van der Waals surface area contributed by atoms with E-state index in [2.05, 4.69) is 19.9 Å². The van der Waals surface area contributed by atoms with Crippen LogP contribution in [0.5, 0.6) is 5.75 Å². The van der Waals surface area contributed by atoms with E-state index in [1.807, 2.05) is 13.0 Å². The molecule has 0 bridgehead atoms. The van der Waals surface area contributed by atoms with E-state index in [4.69, 9.17) is 5.11 Å². The zero-order valence-corrected chi connectivity index (χ0v) is 7.18. The third-order valence-corrected chi connectivity index (χ3v) is 1.81. The molecule has 0 spiro atoms. The van der Waals surface area contributed by atoms with Gasteiger partial charge in [-0.1, -0.05) is 13.8 Å². The highest BCUT2D eigenvalue weighted by atomic mass is 16.3. The molecule has 0 aliphatic heterocycles. The molecule has 0 fully saturated rings. The highest BCUT2D eigenvalue weighted by Crippen LogP contribution is 2.21. The van der Waals surface area contributed by atoms with Gasteiger partial charge in [0.25, 0.3) is 0 Å². The monoisotopic (exact) mass is 149 g/mol. The van der Waals surface area contributed by atoms with Crippen LogP contribution in [0, 0.1) is 13.0 Å². The number of rotatable bonds is 1. The highest BCUT2D eigenvalue weighted by Gasteiger charge is 2.02. The minimum Gasteiger partial charge on any atom is -0.507 e. The van der Waals surface area contributed by atoms with Crippen LogP contribution in [-0.4, -0.2) is 5.11 Å². The Hall–Kier alpha value is -0.980. The third-order valence-electron chi connectivity index (χ3n) is 1.81. The Bertz CT molecular complexity index is 251. The van der Waals surface area contributed by atoms with Crippen LogP contribution in [0.15, 0.2) is 12.1 Å². The lowest BCUT2D eigenvalue weighted by Gasteiger charge is -2.08. The van der Waals surface area contributed by atoms with Crippen molar-refractivity contribution in [1.29, 1.82) is 0 Å². The molecule has 1 radical (unpaired) electrons. The zero-order valence-electron chi connectivity index (χ0n) is 7.18. The second-order valence-electron chi connectivity index (χ2n) is 3.11. The molecule has 1 rings (SSSR count). The molecule has 1 heteroatoms. The van der Waals surface area contributed by atoms with Crippen molar-refractivity contribution in [2.75, 3.05) is 0 Å². The molecule has 0 aliphatic carbocycles. The van der Waals surface area contributed by atoms with E-state index in [9.17, 15) is 0 Å². The summed E-state index contributed by atoms with van der Waals surface area (Å²) in [6.45, 7) is 6.27. The molecule has 0 saturated heterocycles. The van der Waals surface area contributed by atoms with Crippen LogP contribution in [0.1, 0.15) is 30.9 Å². The summed E-state index contributed by atoms with van der Waals surface area (Å²) in [5.41, 5.74) is 2.39. The number of aromatic hydroxyl groups is 1. The van der Waals surface area contributed by atoms with Gasteiger partial charge >= 0.3 is 0 Å². The fourth-order valence-corrected chi connectivity index (χ4v) is 1.22. The Morgan fingerprint density at radius 1 is 1.45 bits per heavy atom. The molecule has 0 heterocycles. The summed E-state index contributed by atoms with van der Waals surface area (Å²) in [6, 6.07) is 6.38. The van der Waals surface area contributed by atoms with Crippen molar-refractivity contribution < 1.29 is 5.11 Å². The SMILES string of the molecule is Cc1cc(O)[c]cc1C(C)C. The maximum Gasteiger partial charge on any atom is 0.123 e. The average molecular weight is 149 g/mol. The van der Waals surface area contributed by atoms with Crippen molar-refractivity contribution >= 4 is 0 Å². The largest absolute Gasteiger partial charge is 0.507 e. The van der Waals surface area contributed by atoms with Crippen LogP contribution < -0.4 is 0 Å². The number of benzene rings is 1. The molecular weight excluding hydrogens is 136 g/mol. The van der Waals surface area contributed by atoms with Crippen LogP contribution in [0.4, 0.5) is 0 Å². The molecule has 1 aromatic carbocycles. The molecule has 0 saturated carbocycles. The summed E-state index contributed by atoms with van der Waals surface area (Å²) in [6.07, 6.45) is 0. The normalized spacial score (nSPS) is 10.5. The lowest BCUT2D eigenvalue weighted by Crippen LogP contribution is -1.90. The molecule has 0 aliphatic rings. The fourth-order valence-electron chi connectivity index (χ4n) is 1.22. The number of hydrogen-bond acceptors (Lipinski definition) is 1. The van der Waals surface area contributed by atoms with Gasteiger partial charge in [-0.3, -0.25) is 0 Å². The summed E-state index contributed by atoms with van der Waals surface area (Å²) >= 11 is 0. The number of aryl methyl sites for hydroxylation is 1. The van der Waals surface area contributed by atoms with Crippen LogP contribution in [-0.2, 0) is 0 Å². The Balaban J connectivity index is 3.09. The van der Waals surface area contributed by atoms with Crippen molar-refractivity contribution in [3.63, 3.8) is 0 Å². The van der Waals surface area contributed by atoms with Gasteiger partial charge in [0, 0.05) is 6.07 Å². The summed E-state index contributed by atoms with van der Waals surface area (Å²) < 4.78 is 0. The first-order chi connectivity index (χ1) is 5.11. The lowest BCUT2D eigenvalue weighted by molar-refractivity contribution is 0.473. The van der Waals surface area contributed by atoms with Crippen molar-refractivity contribution in [2.45, 2.75) is 26.7 Å². The van der Waals surface area contributed by atoms with Crippen molar-refractivity contribution in [3.8, 4) is 5.75 Å². The number of phenolic OH excluding ortho intramolecular Hbond substituents is 1. The molecule has 0 unspecified atom stereocenters. The number of hydrogen-bond donors (Lipinski definition) is 1. The summed E-state index contributed by atoms with van der Waals surface area (Å²) in [4.78, 5) is 0. The Labute approximate surface area is 67.7 Å². The zero-order chi connectivity index (χ0) is 8.43. The van der Waals surface area contributed by atoms with Gasteiger partial charge in [0.05, 0.1) is 0 Å². The van der Waals surface area contributed by atoms with Crippen LogP contribution >= 0.6 is 0 Å². The van der Waals surface area contributed by atoms with Gasteiger partial charge in [0.1, 0.15) is 5.75 Å². The van der Waals surface area contributed by atoms with Crippen LogP contribution in [0.3, 0.4) is 0 Å². The molecule has 59 valence electrons. The minimum atomic E-state index is 0.229. The average Bonchev–Trinajstić information content (AvgIpc) is 1.85. The van der Waals surface area contributed by atoms with Gasteiger partial charge in [0.15, 0.2) is 0 Å². The van der Waals surface area contributed by atoms with E-state index in [0.29, 0.717) is 5.92 Å². The molecule has 11 heavy (non-hydrogen) atoms. The van der Waals surface area contributed by atoms with E-state index >= 15 is 0 Å². The molecular formula is C10H13O. The predicted octanol–water partition coefficient (Wildman–Crippen LogP) is 2.62. The molecule has 1 aromatic rings. The van der Waals surface area contributed by atoms with Gasteiger partial charge in [-0.2, -0.15) is 0 Å². The minimum absolute atomic E-state index is 0.229. The lowest BCUT2D eigenvalue weighted by atomic mass is 9.98. The highest BCUT2D eigenvalue weighted by molar-refractivity contribution is 5.34. The second kappa shape index (κ2) is 2.95. The summed E-state index contributed by atoms with van der Waals surface area (Å²) in [5, 5.41) is 9.06. The van der Waals surface area contributed by atoms with Crippen molar-refractivity contribution in [2.24, 2.45) is 0 Å². The van der Waals surface area contributed by atoms with Gasteiger partial charge in [-0.05, 0) is 36.1 Å². The maximum absolute atomic E-state index is 9.06. The summed E-state index contributed by atoms with van der Waals surface area (Å²) in [7, 11) is 0. The summed E-state index contributed by atoms with van der Waals surface area (Å²) in [5.74, 6) is 0.735. The van der Waals surface area contributed by atoms with E-state index in [1.165, 1.54) is 5.56 Å². The fraction of sp³-hybridized carbons (Fsp3) is 0.400. The van der Waals surface area contributed by atoms with E-state index in [-0.39, 0.29) is 5.75 Å². The number of phenols is 1. The van der Waals surface area contributed by atoms with E-state index < -0.39 is 0 Å². The maximum atomic E-state index is 9.06. The van der Waals surface area contributed by atoms with Gasteiger partial charge in [-0.25, -0.2) is 0 Å².